The first-order chi connectivity index (χ1) is 10.5. The van der Waals surface area contributed by atoms with Crippen LogP contribution in [0.4, 0.5) is 18.9 Å². The fourth-order valence-electron chi connectivity index (χ4n) is 1.69. The molecule has 0 aliphatic rings. The van der Waals surface area contributed by atoms with E-state index in [9.17, 15) is 18.0 Å². The SMILES string of the molecule is O=C(Nc1ccc(OCCO)cc1)c1cc(F)c(F)cc1F. The average molecular weight is 311 g/mol. The molecule has 116 valence electrons. The summed E-state index contributed by atoms with van der Waals surface area (Å²) in [6, 6.07) is 6.86. The van der Waals surface area contributed by atoms with Crippen molar-refractivity contribution in [2.45, 2.75) is 0 Å². The number of aliphatic hydroxyl groups is 1. The molecule has 0 aliphatic carbocycles. The van der Waals surface area contributed by atoms with Gasteiger partial charge in [0.15, 0.2) is 11.6 Å². The first-order valence-corrected chi connectivity index (χ1v) is 6.31. The first-order valence-electron chi connectivity index (χ1n) is 6.31. The van der Waals surface area contributed by atoms with Crippen LogP contribution in [0.3, 0.4) is 0 Å². The Morgan fingerprint density at radius 1 is 1.05 bits per heavy atom. The molecule has 2 aromatic rings. The number of carbonyl (C=O) groups is 1. The Labute approximate surface area is 124 Å². The molecule has 4 nitrogen and oxygen atoms in total. The van der Waals surface area contributed by atoms with Gasteiger partial charge in [0.25, 0.3) is 5.91 Å². The van der Waals surface area contributed by atoms with Gasteiger partial charge in [-0.2, -0.15) is 0 Å². The topological polar surface area (TPSA) is 58.6 Å². The molecule has 2 rings (SSSR count). The van der Waals surface area contributed by atoms with Crippen molar-refractivity contribution in [2.75, 3.05) is 18.5 Å². The van der Waals surface area contributed by atoms with Gasteiger partial charge in [0.05, 0.1) is 12.2 Å². The molecule has 0 saturated carbocycles. The summed E-state index contributed by atoms with van der Waals surface area (Å²) < 4.78 is 44.5. The monoisotopic (exact) mass is 311 g/mol. The highest BCUT2D eigenvalue weighted by Gasteiger charge is 2.16. The fourth-order valence-corrected chi connectivity index (χ4v) is 1.69. The third-order valence-electron chi connectivity index (χ3n) is 2.73. The van der Waals surface area contributed by atoms with Crippen molar-refractivity contribution in [1.29, 1.82) is 0 Å². The van der Waals surface area contributed by atoms with Crippen LogP contribution < -0.4 is 10.1 Å². The van der Waals surface area contributed by atoms with Crippen LogP contribution in [0.25, 0.3) is 0 Å². The number of benzene rings is 2. The van der Waals surface area contributed by atoms with Crippen molar-refractivity contribution in [3.63, 3.8) is 0 Å². The maximum Gasteiger partial charge on any atom is 0.258 e. The van der Waals surface area contributed by atoms with Crippen LogP contribution >= 0.6 is 0 Å². The van der Waals surface area contributed by atoms with Gasteiger partial charge in [0.2, 0.25) is 0 Å². The molecule has 0 fully saturated rings. The lowest BCUT2D eigenvalue weighted by Crippen LogP contribution is -2.14. The van der Waals surface area contributed by atoms with E-state index in [0.29, 0.717) is 23.6 Å². The molecule has 0 heterocycles. The van der Waals surface area contributed by atoms with Gasteiger partial charge in [-0.3, -0.25) is 4.79 Å². The number of halogens is 3. The number of aliphatic hydroxyl groups excluding tert-OH is 1. The number of rotatable bonds is 5. The number of amides is 1. The Hall–Kier alpha value is -2.54. The molecule has 0 atom stereocenters. The lowest BCUT2D eigenvalue weighted by atomic mass is 10.1. The number of hydrogen-bond donors (Lipinski definition) is 2. The summed E-state index contributed by atoms with van der Waals surface area (Å²) in [4.78, 5) is 11.9. The van der Waals surface area contributed by atoms with Gasteiger partial charge in [-0.25, -0.2) is 13.2 Å². The maximum absolute atomic E-state index is 13.5. The Morgan fingerprint density at radius 2 is 1.68 bits per heavy atom. The smallest absolute Gasteiger partial charge is 0.258 e. The van der Waals surface area contributed by atoms with Gasteiger partial charge in [0, 0.05) is 11.8 Å². The zero-order valence-corrected chi connectivity index (χ0v) is 11.3. The van der Waals surface area contributed by atoms with Crippen LogP contribution in [0.2, 0.25) is 0 Å². The highest BCUT2D eigenvalue weighted by Crippen LogP contribution is 2.18. The summed E-state index contributed by atoms with van der Waals surface area (Å²) in [5.74, 6) is -4.25. The minimum atomic E-state index is -1.36. The molecule has 0 saturated heterocycles. The normalized spacial score (nSPS) is 10.4. The minimum Gasteiger partial charge on any atom is -0.491 e. The highest BCUT2D eigenvalue weighted by molar-refractivity contribution is 6.04. The van der Waals surface area contributed by atoms with E-state index >= 15 is 0 Å². The predicted octanol–water partition coefficient (Wildman–Crippen LogP) is 2.73. The molecule has 0 aromatic heterocycles. The van der Waals surface area contributed by atoms with Crippen molar-refractivity contribution in [2.24, 2.45) is 0 Å². The van der Waals surface area contributed by atoms with Gasteiger partial charge < -0.3 is 15.2 Å². The van der Waals surface area contributed by atoms with E-state index in [1.165, 1.54) is 24.3 Å². The van der Waals surface area contributed by atoms with E-state index in [4.69, 9.17) is 9.84 Å². The minimum absolute atomic E-state index is 0.131. The van der Waals surface area contributed by atoms with E-state index < -0.39 is 28.9 Å². The van der Waals surface area contributed by atoms with E-state index in [1.807, 2.05) is 0 Å². The number of anilines is 1. The van der Waals surface area contributed by atoms with Gasteiger partial charge in [0.1, 0.15) is 18.2 Å². The second kappa shape index (κ2) is 6.95. The van der Waals surface area contributed by atoms with Crippen molar-refractivity contribution < 1.29 is 27.8 Å². The molecule has 0 unspecified atom stereocenters. The molecule has 0 aliphatic heterocycles. The fraction of sp³-hybridized carbons (Fsp3) is 0.133. The number of nitrogens with one attached hydrogen (secondary N) is 1. The Bertz CT molecular complexity index is 674. The maximum atomic E-state index is 13.5. The van der Waals surface area contributed by atoms with E-state index in [0.717, 1.165) is 0 Å². The van der Waals surface area contributed by atoms with Crippen molar-refractivity contribution >= 4 is 11.6 Å². The lowest BCUT2D eigenvalue weighted by molar-refractivity contribution is 0.102. The molecule has 22 heavy (non-hydrogen) atoms. The average Bonchev–Trinajstić information content (AvgIpc) is 2.50. The third kappa shape index (κ3) is 3.76. The Morgan fingerprint density at radius 3 is 2.32 bits per heavy atom. The summed E-state index contributed by atoms with van der Waals surface area (Å²) in [5, 5.41) is 11.0. The zero-order chi connectivity index (χ0) is 16.1. The summed E-state index contributed by atoms with van der Waals surface area (Å²) >= 11 is 0. The van der Waals surface area contributed by atoms with Crippen LogP contribution in [-0.2, 0) is 0 Å². The second-order valence-corrected chi connectivity index (χ2v) is 4.30. The summed E-state index contributed by atoms with van der Waals surface area (Å²) in [5.41, 5.74) is -0.273. The number of carbonyl (C=O) groups excluding carboxylic acids is 1. The van der Waals surface area contributed by atoms with Crippen LogP contribution in [-0.4, -0.2) is 24.2 Å². The summed E-state index contributed by atoms with van der Waals surface area (Å²) in [6.45, 7) is -0.000329. The predicted molar refractivity (Wildman–Crippen MR) is 73.3 cm³/mol. The van der Waals surface area contributed by atoms with Gasteiger partial charge in [-0.1, -0.05) is 0 Å². The van der Waals surface area contributed by atoms with Crippen molar-refractivity contribution in [1.82, 2.24) is 0 Å². The standard InChI is InChI=1S/C15H12F3NO3/c16-12-8-14(18)13(17)7-11(12)15(21)19-9-1-3-10(4-2-9)22-6-5-20/h1-4,7-8,20H,5-6H2,(H,19,21). The summed E-state index contributed by atoms with van der Waals surface area (Å²) in [7, 11) is 0. The molecule has 0 radical (unpaired) electrons. The van der Waals surface area contributed by atoms with Crippen LogP contribution in [0.5, 0.6) is 5.75 Å². The van der Waals surface area contributed by atoms with Gasteiger partial charge in [-0.05, 0) is 30.3 Å². The first kappa shape index (κ1) is 15.8. The molecular formula is C15H12F3NO3. The Kier molecular flexibility index (Phi) is 5.00. The van der Waals surface area contributed by atoms with Crippen LogP contribution in [0.15, 0.2) is 36.4 Å². The summed E-state index contributed by atoms with van der Waals surface area (Å²) in [6.07, 6.45) is 0. The van der Waals surface area contributed by atoms with E-state index in [-0.39, 0.29) is 13.2 Å². The molecule has 7 heteroatoms. The molecule has 0 bridgehead atoms. The van der Waals surface area contributed by atoms with Crippen molar-refractivity contribution in [3.8, 4) is 5.75 Å². The van der Waals surface area contributed by atoms with Gasteiger partial charge in [-0.15, -0.1) is 0 Å². The third-order valence-corrected chi connectivity index (χ3v) is 2.73. The molecular weight excluding hydrogens is 299 g/mol. The molecule has 1 amide bonds. The highest BCUT2D eigenvalue weighted by atomic mass is 19.2. The number of ether oxygens (including phenoxy) is 1. The second-order valence-electron chi connectivity index (χ2n) is 4.30. The van der Waals surface area contributed by atoms with Gasteiger partial charge >= 0.3 is 0 Å². The quantitative estimate of drug-likeness (QED) is 0.835. The molecule has 2 N–H and O–H groups in total. The van der Waals surface area contributed by atoms with Crippen molar-refractivity contribution in [3.05, 3.63) is 59.4 Å². The number of hydrogen-bond acceptors (Lipinski definition) is 3. The molecule has 2 aromatic carbocycles. The Balaban J connectivity index is 2.10. The van der Waals surface area contributed by atoms with Crippen LogP contribution in [0, 0.1) is 17.5 Å². The largest absolute Gasteiger partial charge is 0.491 e. The zero-order valence-electron chi connectivity index (χ0n) is 11.3. The van der Waals surface area contributed by atoms with E-state index in [2.05, 4.69) is 5.32 Å². The molecule has 0 spiro atoms. The lowest BCUT2D eigenvalue weighted by Gasteiger charge is -2.08. The van der Waals surface area contributed by atoms with E-state index in [1.54, 1.807) is 0 Å². The van der Waals surface area contributed by atoms with Crippen LogP contribution in [0.1, 0.15) is 10.4 Å².